The van der Waals surface area contributed by atoms with Crippen LogP contribution in [-0.4, -0.2) is 32.6 Å². The Morgan fingerprint density at radius 3 is 2.54 bits per heavy atom. The number of nitrogens with zero attached hydrogens (tertiary/aromatic N) is 2. The number of carbonyl (C=O) groups is 1. The summed E-state index contributed by atoms with van der Waals surface area (Å²) in [6.45, 7) is 6.35. The van der Waals surface area contributed by atoms with E-state index in [0.717, 1.165) is 31.6 Å². The highest BCUT2D eigenvalue weighted by atomic mass is 32.2. The minimum absolute atomic E-state index is 0.213. The van der Waals surface area contributed by atoms with E-state index in [1.54, 1.807) is 17.6 Å². The third kappa shape index (κ3) is 5.80. The van der Waals surface area contributed by atoms with Gasteiger partial charge in [0.1, 0.15) is 16.7 Å². The van der Waals surface area contributed by atoms with Crippen molar-refractivity contribution in [3.05, 3.63) is 90.0 Å². The van der Waals surface area contributed by atoms with Gasteiger partial charge in [0.05, 0.1) is 12.3 Å². The molecule has 2 atom stereocenters. The number of benzene rings is 2. The Bertz CT molecular complexity index is 1320. The highest BCUT2D eigenvalue weighted by Crippen LogP contribution is 2.35. The van der Waals surface area contributed by atoms with Crippen LogP contribution in [0.25, 0.3) is 15.4 Å². The van der Waals surface area contributed by atoms with Gasteiger partial charge in [-0.3, -0.25) is 13.6 Å². The molecule has 0 aliphatic carbocycles. The molecular formula is C28H30N2O3S2. The lowest BCUT2D eigenvalue weighted by atomic mass is 9.98. The lowest BCUT2D eigenvalue weighted by Crippen LogP contribution is -2.21. The van der Waals surface area contributed by atoms with Gasteiger partial charge in [-0.1, -0.05) is 56.3 Å². The smallest absolute Gasteiger partial charge is 0.316 e. The van der Waals surface area contributed by atoms with Crippen LogP contribution in [0.1, 0.15) is 49.7 Å². The third-order valence-electron chi connectivity index (χ3n) is 5.79. The predicted octanol–water partition coefficient (Wildman–Crippen LogP) is 6.35. The fourth-order valence-electron chi connectivity index (χ4n) is 3.93. The first-order valence-electron chi connectivity index (χ1n) is 11.7. The van der Waals surface area contributed by atoms with Gasteiger partial charge in [-0.2, -0.15) is 0 Å². The molecule has 5 nitrogen and oxygen atoms in total. The first-order valence-corrected chi connectivity index (χ1v) is 14.1. The van der Waals surface area contributed by atoms with Crippen LogP contribution in [0.15, 0.2) is 77.8 Å². The standard InChI is InChI=1S/C28H30N2O3S2/c1-5-33-28(31)23(16-20-10-7-6-8-11-20)27-29-24(19(2)3)18-30(27)26-15-14-25(34-26)21-12-9-13-22(17-21)35(4)32/h6-15,17-19,23H,5,16H2,1-4H3. The van der Waals surface area contributed by atoms with Gasteiger partial charge in [-0.25, -0.2) is 4.98 Å². The van der Waals surface area contributed by atoms with Gasteiger partial charge in [0.25, 0.3) is 0 Å². The zero-order valence-corrected chi connectivity index (χ0v) is 22.1. The molecule has 4 aromatic rings. The molecule has 35 heavy (non-hydrogen) atoms. The number of carbonyl (C=O) groups excluding carboxylic acids is 1. The van der Waals surface area contributed by atoms with Crippen LogP contribution in [0, 0.1) is 0 Å². The quantitative estimate of drug-likeness (QED) is 0.248. The second-order valence-electron chi connectivity index (χ2n) is 8.66. The van der Waals surface area contributed by atoms with Crippen molar-refractivity contribution in [3.8, 4) is 15.4 Å². The fourth-order valence-corrected chi connectivity index (χ4v) is 5.48. The van der Waals surface area contributed by atoms with Crippen molar-refractivity contribution in [2.24, 2.45) is 0 Å². The number of aromatic nitrogens is 2. The Morgan fingerprint density at radius 2 is 1.86 bits per heavy atom. The maximum absolute atomic E-state index is 13.1. The van der Waals surface area contributed by atoms with Gasteiger partial charge in [-0.05, 0) is 54.7 Å². The number of hydrogen-bond donors (Lipinski definition) is 0. The molecule has 0 bridgehead atoms. The van der Waals surface area contributed by atoms with E-state index < -0.39 is 16.7 Å². The van der Waals surface area contributed by atoms with Crippen LogP contribution in [-0.2, 0) is 26.8 Å². The molecule has 0 saturated carbocycles. The minimum atomic E-state index is -1.04. The number of ether oxygens (including phenoxy) is 1. The molecule has 2 heterocycles. The summed E-state index contributed by atoms with van der Waals surface area (Å²) in [7, 11) is -1.04. The van der Waals surface area contributed by atoms with Crippen molar-refractivity contribution in [1.29, 1.82) is 0 Å². The highest BCUT2D eigenvalue weighted by molar-refractivity contribution is 7.84. The fraction of sp³-hybridized carbons (Fsp3) is 0.286. The van der Waals surface area contributed by atoms with Crippen LogP contribution >= 0.6 is 11.3 Å². The zero-order chi connectivity index (χ0) is 24.9. The van der Waals surface area contributed by atoms with Crippen molar-refractivity contribution < 1.29 is 13.7 Å². The first kappa shape index (κ1) is 25.1. The van der Waals surface area contributed by atoms with Crippen LogP contribution in [0.3, 0.4) is 0 Å². The normalized spacial score (nSPS) is 13.1. The van der Waals surface area contributed by atoms with Gasteiger partial charge in [0.15, 0.2) is 0 Å². The van der Waals surface area contributed by atoms with Crippen LogP contribution in [0.4, 0.5) is 0 Å². The van der Waals surface area contributed by atoms with E-state index in [2.05, 4.69) is 26.0 Å². The molecule has 0 aliphatic heterocycles. The van der Waals surface area contributed by atoms with Crippen molar-refractivity contribution in [2.75, 3.05) is 12.9 Å². The van der Waals surface area contributed by atoms with Gasteiger partial charge in [-0.15, -0.1) is 11.3 Å². The van der Waals surface area contributed by atoms with E-state index in [4.69, 9.17) is 9.72 Å². The van der Waals surface area contributed by atoms with E-state index in [0.29, 0.717) is 18.9 Å². The Kier molecular flexibility index (Phi) is 7.98. The summed E-state index contributed by atoms with van der Waals surface area (Å²) in [6, 6.07) is 21.9. The summed E-state index contributed by atoms with van der Waals surface area (Å²) in [5.41, 5.74) is 3.01. The Balaban J connectivity index is 1.78. The summed E-state index contributed by atoms with van der Waals surface area (Å²) < 4.78 is 19.5. The van der Waals surface area contributed by atoms with Crippen LogP contribution < -0.4 is 0 Å². The van der Waals surface area contributed by atoms with E-state index >= 15 is 0 Å². The van der Waals surface area contributed by atoms with Crippen molar-refractivity contribution in [1.82, 2.24) is 9.55 Å². The molecule has 182 valence electrons. The summed E-state index contributed by atoms with van der Waals surface area (Å²) in [5.74, 6) is 0.104. The predicted molar refractivity (Wildman–Crippen MR) is 143 cm³/mol. The number of thiophene rings is 1. The van der Waals surface area contributed by atoms with E-state index in [9.17, 15) is 9.00 Å². The molecule has 0 fully saturated rings. The molecule has 0 aliphatic rings. The highest BCUT2D eigenvalue weighted by Gasteiger charge is 2.29. The molecule has 0 amide bonds. The van der Waals surface area contributed by atoms with Crippen molar-refractivity contribution >= 4 is 28.1 Å². The maximum Gasteiger partial charge on any atom is 0.316 e. The largest absolute Gasteiger partial charge is 0.465 e. The number of hydrogen-bond acceptors (Lipinski definition) is 5. The molecule has 0 spiro atoms. The molecular weight excluding hydrogens is 476 g/mol. The molecule has 2 aromatic carbocycles. The Morgan fingerprint density at radius 1 is 1.09 bits per heavy atom. The van der Waals surface area contributed by atoms with Crippen LogP contribution in [0.2, 0.25) is 0 Å². The average Bonchev–Trinajstić information content (AvgIpc) is 3.51. The maximum atomic E-state index is 13.1. The third-order valence-corrected chi connectivity index (χ3v) is 7.84. The molecule has 0 N–H and O–H groups in total. The zero-order valence-electron chi connectivity index (χ0n) is 20.4. The van der Waals surface area contributed by atoms with E-state index in [1.807, 2.05) is 72.3 Å². The minimum Gasteiger partial charge on any atom is -0.465 e. The Hall–Kier alpha value is -3.03. The van der Waals surface area contributed by atoms with Gasteiger partial charge < -0.3 is 4.74 Å². The summed E-state index contributed by atoms with van der Waals surface area (Å²) in [6.07, 6.45) is 4.23. The van der Waals surface area contributed by atoms with Crippen molar-refractivity contribution in [2.45, 2.75) is 43.9 Å². The SMILES string of the molecule is CCOC(=O)C(Cc1ccccc1)c1nc(C(C)C)cn1-c1ccc(-c2cccc(S(C)=O)c2)s1. The molecule has 0 radical (unpaired) electrons. The molecule has 2 aromatic heterocycles. The second kappa shape index (κ2) is 11.1. The molecule has 2 unspecified atom stereocenters. The van der Waals surface area contributed by atoms with Gasteiger partial charge >= 0.3 is 5.97 Å². The van der Waals surface area contributed by atoms with Crippen molar-refractivity contribution in [3.63, 3.8) is 0 Å². The summed E-state index contributed by atoms with van der Waals surface area (Å²) in [4.78, 5) is 19.9. The monoisotopic (exact) mass is 506 g/mol. The van der Waals surface area contributed by atoms with Gasteiger partial charge in [0, 0.05) is 33.0 Å². The molecule has 4 rings (SSSR count). The molecule has 0 saturated heterocycles. The average molecular weight is 507 g/mol. The van der Waals surface area contributed by atoms with Gasteiger partial charge in [0.2, 0.25) is 0 Å². The number of esters is 1. The summed E-state index contributed by atoms with van der Waals surface area (Å²) in [5, 5.41) is 0.972. The summed E-state index contributed by atoms with van der Waals surface area (Å²) >= 11 is 1.62. The van der Waals surface area contributed by atoms with Crippen LogP contribution in [0.5, 0.6) is 0 Å². The second-order valence-corrected chi connectivity index (χ2v) is 11.1. The lowest BCUT2D eigenvalue weighted by Gasteiger charge is -2.16. The van der Waals surface area contributed by atoms with E-state index in [-0.39, 0.29) is 11.9 Å². The topological polar surface area (TPSA) is 61.2 Å². The molecule has 7 heteroatoms. The number of rotatable bonds is 9. The number of imidazole rings is 1. The lowest BCUT2D eigenvalue weighted by molar-refractivity contribution is -0.145. The van der Waals surface area contributed by atoms with E-state index in [1.165, 1.54) is 0 Å². The first-order chi connectivity index (χ1) is 16.9. The Labute approximate surface area is 213 Å².